The molecule has 8 rings (SSSR count). The third-order valence-corrected chi connectivity index (χ3v) is 9.62. The highest BCUT2D eigenvalue weighted by molar-refractivity contribution is 6.07. The van der Waals surface area contributed by atoms with Crippen LogP contribution in [0.1, 0.15) is 57.7 Å². The first-order valence-electron chi connectivity index (χ1n) is 17.0. The summed E-state index contributed by atoms with van der Waals surface area (Å²) < 4.78 is 14.4. The lowest BCUT2D eigenvalue weighted by Crippen LogP contribution is -2.44. The van der Waals surface area contributed by atoms with E-state index in [2.05, 4.69) is 158 Å². The monoisotopic (exact) mass is 638 g/mol. The van der Waals surface area contributed by atoms with Crippen LogP contribution in [0, 0.1) is 5.41 Å². The fourth-order valence-electron chi connectivity index (χ4n) is 7.22. The Morgan fingerprint density at radius 1 is 0.367 bits per heavy atom. The summed E-state index contributed by atoms with van der Waals surface area (Å²) in [5.74, 6) is 1.31. The van der Waals surface area contributed by atoms with E-state index < -0.39 is 5.41 Å². The first-order chi connectivity index (χ1) is 24.3. The lowest BCUT2D eigenvalue weighted by molar-refractivity contribution is 0.154. The molecule has 0 radical (unpaired) electrons. The molecule has 0 saturated carbocycles. The van der Waals surface area contributed by atoms with Gasteiger partial charge in [0, 0.05) is 0 Å². The van der Waals surface area contributed by atoms with Gasteiger partial charge in [-0.3, -0.25) is 0 Å². The number of hydrogen-bond donors (Lipinski definition) is 0. The molecule has 0 bridgehead atoms. The van der Waals surface area contributed by atoms with Crippen LogP contribution in [0.15, 0.2) is 192 Å². The van der Waals surface area contributed by atoms with Crippen molar-refractivity contribution in [3.05, 3.63) is 215 Å². The van der Waals surface area contributed by atoms with E-state index in [1.54, 1.807) is 0 Å². The first kappa shape index (κ1) is 30.6. The maximum Gasteiger partial charge on any atom is 0.201 e. The highest BCUT2D eigenvalue weighted by Crippen LogP contribution is 2.50. The average Bonchev–Trinajstić information content (AvgIpc) is 3.84. The third-order valence-electron chi connectivity index (χ3n) is 9.62. The van der Waals surface area contributed by atoms with Gasteiger partial charge >= 0.3 is 0 Å². The van der Waals surface area contributed by atoms with Gasteiger partial charge in [0.2, 0.25) is 11.8 Å². The van der Waals surface area contributed by atoms with E-state index in [4.69, 9.17) is 19.5 Å². The van der Waals surface area contributed by atoms with E-state index >= 15 is 0 Å². The Labute approximate surface area is 288 Å². The van der Waals surface area contributed by atoms with E-state index in [-0.39, 0.29) is 24.3 Å². The molecule has 4 nitrogen and oxygen atoms in total. The van der Waals surface area contributed by atoms with E-state index in [0.29, 0.717) is 24.6 Å². The molecule has 2 aliphatic rings. The van der Waals surface area contributed by atoms with Crippen LogP contribution in [0.25, 0.3) is 0 Å². The van der Waals surface area contributed by atoms with Crippen molar-refractivity contribution in [2.24, 2.45) is 15.4 Å². The van der Waals surface area contributed by atoms with Crippen molar-refractivity contribution < 1.29 is 9.47 Å². The zero-order valence-corrected chi connectivity index (χ0v) is 27.3. The second-order valence-electron chi connectivity index (χ2n) is 12.9. The van der Waals surface area contributed by atoms with Crippen LogP contribution in [-0.2, 0) is 22.3 Å². The highest BCUT2D eigenvalue weighted by Gasteiger charge is 2.53. The van der Waals surface area contributed by atoms with Crippen LogP contribution in [0.3, 0.4) is 0 Å². The highest BCUT2D eigenvalue weighted by atomic mass is 16.5. The van der Waals surface area contributed by atoms with Crippen molar-refractivity contribution >= 4 is 11.8 Å². The summed E-state index contributed by atoms with van der Waals surface area (Å²) in [5, 5.41) is 0. The van der Waals surface area contributed by atoms with Gasteiger partial charge in [-0.15, -0.1) is 0 Å². The van der Waals surface area contributed by atoms with Gasteiger partial charge in [-0.05, 0) is 46.2 Å². The second kappa shape index (κ2) is 13.8. The fourth-order valence-corrected chi connectivity index (χ4v) is 7.22. The molecule has 6 aromatic rings. The van der Waals surface area contributed by atoms with Gasteiger partial charge in [-0.2, -0.15) is 0 Å². The Hall–Kier alpha value is -5.74. The molecule has 4 heteroatoms. The predicted molar refractivity (Wildman–Crippen MR) is 196 cm³/mol. The summed E-state index contributed by atoms with van der Waals surface area (Å²) in [6.07, 6.45) is 0.599. The molecule has 0 saturated heterocycles. The quantitative estimate of drug-likeness (QED) is 0.150. The summed E-state index contributed by atoms with van der Waals surface area (Å²) in [6, 6.07) is 62.6. The minimum atomic E-state index is -0.837. The molecule has 1 unspecified atom stereocenters. The lowest BCUT2D eigenvalue weighted by Gasteiger charge is -2.34. The Balaban J connectivity index is 1.34. The molecule has 0 fully saturated rings. The molecule has 0 amide bonds. The number of nitrogens with zero attached hydrogens (tertiary/aromatic N) is 2. The predicted octanol–water partition coefficient (Wildman–Crippen LogP) is 10.3. The summed E-state index contributed by atoms with van der Waals surface area (Å²) in [4.78, 5) is 11.1. The van der Waals surface area contributed by atoms with Gasteiger partial charge in [-0.25, -0.2) is 9.98 Å². The van der Waals surface area contributed by atoms with Crippen molar-refractivity contribution in [2.45, 2.75) is 37.1 Å². The molecule has 4 atom stereocenters. The van der Waals surface area contributed by atoms with E-state index in [1.807, 2.05) is 24.3 Å². The Bertz CT molecular complexity index is 1870. The maximum atomic E-state index is 7.21. The lowest BCUT2D eigenvalue weighted by atomic mass is 9.75. The van der Waals surface area contributed by atoms with Crippen LogP contribution in [0.5, 0.6) is 0 Å². The molecular weight excluding hydrogens is 601 g/mol. The van der Waals surface area contributed by atoms with Gasteiger partial charge < -0.3 is 9.47 Å². The van der Waals surface area contributed by atoms with Gasteiger partial charge in [0.25, 0.3) is 0 Å². The number of aliphatic imine (C=N–C) groups is 2. The Morgan fingerprint density at radius 2 is 0.653 bits per heavy atom. The molecule has 49 heavy (non-hydrogen) atoms. The normalized spacial score (nSPS) is 20.2. The third kappa shape index (κ3) is 6.30. The van der Waals surface area contributed by atoms with E-state index in [0.717, 1.165) is 33.4 Å². The molecule has 6 aromatic carbocycles. The number of ether oxygens (including phenoxy) is 2. The van der Waals surface area contributed by atoms with Crippen molar-refractivity contribution in [3.8, 4) is 0 Å². The number of benzene rings is 6. The Kier molecular flexibility index (Phi) is 8.60. The van der Waals surface area contributed by atoms with Crippen molar-refractivity contribution in [1.29, 1.82) is 0 Å². The standard InChI is InChI=1S/C45H38N2O2/c1-7-19-33(20-8-1)31-45(32-34-21-9-2-10-22-34,43-46-39(35-23-11-3-12-24-35)41(48-43)37-27-15-5-16-28-37)44-47-40(36-25-13-4-14-26-36)42(49-44)38-29-17-6-18-30-38/h1-30,39-42H,31-32H2/t39-,40?,41+,42+/m1/s1. The summed E-state index contributed by atoms with van der Waals surface area (Å²) in [5.41, 5.74) is 5.88. The van der Waals surface area contributed by atoms with Crippen molar-refractivity contribution in [2.75, 3.05) is 0 Å². The topological polar surface area (TPSA) is 43.2 Å². The summed E-state index contributed by atoms with van der Waals surface area (Å²) >= 11 is 0. The van der Waals surface area contributed by atoms with Crippen LogP contribution in [0.2, 0.25) is 0 Å². The summed E-state index contributed by atoms with van der Waals surface area (Å²) in [6.45, 7) is 0. The van der Waals surface area contributed by atoms with Crippen LogP contribution in [0.4, 0.5) is 0 Å². The number of rotatable bonds is 10. The van der Waals surface area contributed by atoms with Crippen LogP contribution >= 0.6 is 0 Å². The SMILES string of the molecule is c1ccc(CC(Cc2ccccc2)(C2=NC(c3ccccc3)[C@H](c3ccccc3)O2)C2=N[C@H](c3ccccc3)[C@H](c3ccccc3)O2)cc1. The molecule has 240 valence electrons. The first-order valence-corrected chi connectivity index (χ1v) is 17.0. The molecular formula is C45H38N2O2. The summed E-state index contributed by atoms with van der Waals surface area (Å²) in [7, 11) is 0. The second-order valence-corrected chi connectivity index (χ2v) is 12.9. The molecule has 2 aliphatic heterocycles. The Morgan fingerprint density at radius 3 is 0.980 bits per heavy atom. The minimum absolute atomic E-state index is 0.235. The molecule has 0 spiro atoms. The number of hydrogen-bond acceptors (Lipinski definition) is 4. The molecule has 2 heterocycles. The van der Waals surface area contributed by atoms with Crippen LogP contribution in [-0.4, -0.2) is 11.8 Å². The smallest absolute Gasteiger partial charge is 0.201 e. The van der Waals surface area contributed by atoms with Crippen molar-refractivity contribution in [3.63, 3.8) is 0 Å². The van der Waals surface area contributed by atoms with Gasteiger partial charge in [0.05, 0.1) is 0 Å². The maximum absolute atomic E-state index is 7.21. The van der Waals surface area contributed by atoms with Crippen molar-refractivity contribution in [1.82, 2.24) is 0 Å². The average molecular weight is 639 g/mol. The van der Waals surface area contributed by atoms with E-state index in [1.165, 1.54) is 0 Å². The van der Waals surface area contributed by atoms with Gasteiger partial charge in [0.1, 0.15) is 17.5 Å². The van der Waals surface area contributed by atoms with E-state index in [9.17, 15) is 0 Å². The zero-order chi connectivity index (χ0) is 32.9. The molecule has 0 aliphatic carbocycles. The zero-order valence-electron chi connectivity index (χ0n) is 27.3. The van der Waals surface area contributed by atoms with Gasteiger partial charge in [-0.1, -0.05) is 182 Å². The molecule has 0 aromatic heterocycles. The van der Waals surface area contributed by atoms with Crippen LogP contribution < -0.4 is 0 Å². The largest absolute Gasteiger partial charge is 0.469 e. The minimum Gasteiger partial charge on any atom is -0.469 e. The molecule has 0 N–H and O–H groups in total. The van der Waals surface area contributed by atoms with Gasteiger partial charge in [0.15, 0.2) is 12.2 Å². The fraction of sp³-hybridized carbons (Fsp3) is 0.156.